The molecule has 0 aromatic rings. The maximum absolute atomic E-state index is 12.9. The van der Waals surface area contributed by atoms with Crippen LogP contribution in [0.5, 0.6) is 0 Å². The molecular weight excluding hydrogens is 1020 g/mol. The number of allylic oxidation sites excluding steroid dienone is 18. The standard InChI is InChI=1S/C77H132O6/c1-4-7-10-13-16-19-22-25-28-31-33-34-35-36-37-38-39-40-41-42-43-44-45-47-49-52-55-58-61-64-67-70-76(79)82-73-74(72-81-75(78)69-66-63-60-57-54-51-48-30-27-24-21-18-15-12-9-6-3)83-77(80)71-68-65-62-59-56-53-50-46-32-29-26-23-20-17-14-11-8-5-2/h7,10,16,19-21,23-25,28-30,32-34,36-37,48,74H,4-6,8-9,11-15,17-18,22,26-27,31,35,38-47,49-73H2,1-3H3/b10-7-,19-16-,23-20-,24-21-,28-25-,32-29-,34-33-,37-36-,48-30-. The zero-order chi connectivity index (χ0) is 59.9. The van der Waals surface area contributed by atoms with Crippen molar-refractivity contribution in [3.63, 3.8) is 0 Å². The lowest BCUT2D eigenvalue weighted by atomic mass is 10.0. The Morgan fingerprint density at radius 2 is 0.470 bits per heavy atom. The van der Waals surface area contributed by atoms with Gasteiger partial charge in [0.25, 0.3) is 0 Å². The van der Waals surface area contributed by atoms with Crippen molar-refractivity contribution in [2.75, 3.05) is 13.2 Å². The van der Waals surface area contributed by atoms with E-state index < -0.39 is 6.10 Å². The van der Waals surface area contributed by atoms with Crippen molar-refractivity contribution in [1.82, 2.24) is 0 Å². The average molecular weight is 1150 g/mol. The Kier molecular flexibility index (Phi) is 67.2. The van der Waals surface area contributed by atoms with E-state index in [0.29, 0.717) is 19.3 Å². The summed E-state index contributed by atoms with van der Waals surface area (Å²) in [6, 6.07) is 0. The number of carbonyl (C=O) groups is 3. The van der Waals surface area contributed by atoms with Gasteiger partial charge in [-0.2, -0.15) is 0 Å². The van der Waals surface area contributed by atoms with Gasteiger partial charge in [0.1, 0.15) is 13.2 Å². The van der Waals surface area contributed by atoms with Gasteiger partial charge in [0.05, 0.1) is 0 Å². The molecule has 0 amide bonds. The Hall–Kier alpha value is -3.93. The zero-order valence-corrected chi connectivity index (χ0v) is 54.7. The smallest absolute Gasteiger partial charge is 0.306 e. The summed E-state index contributed by atoms with van der Waals surface area (Å²) in [5, 5.41) is 0. The van der Waals surface area contributed by atoms with Crippen molar-refractivity contribution in [1.29, 1.82) is 0 Å². The summed E-state index contributed by atoms with van der Waals surface area (Å²) in [5.74, 6) is -0.892. The lowest BCUT2D eigenvalue weighted by Gasteiger charge is -2.18. The van der Waals surface area contributed by atoms with E-state index >= 15 is 0 Å². The molecule has 0 radical (unpaired) electrons. The largest absolute Gasteiger partial charge is 0.462 e. The van der Waals surface area contributed by atoms with Crippen LogP contribution < -0.4 is 0 Å². The van der Waals surface area contributed by atoms with E-state index in [1.165, 1.54) is 180 Å². The number of hydrogen-bond donors (Lipinski definition) is 0. The Balaban J connectivity index is 4.28. The molecule has 6 heteroatoms. The molecule has 0 aromatic carbocycles. The second-order valence-corrected chi connectivity index (χ2v) is 23.4. The van der Waals surface area contributed by atoms with Gasteiger partial charge in [0.2, 0.25) is 0 Å². The second kappa shape index (κ2) is 70.6. The van der Waals surface area contributed by atoms with E-state index in [4.69, 9.17) is 14.2 Å². The molecule has 0 aliphatic carbocycles. The molecule has 0 fully saturated rings. The average Bonchev–Trinajstić information content (AvgIpc) is 3.49. The summed E-state index contributed by atoms with van der Waals surface area (Å²) in [6.45, 7) is 6.51. The van der Waals surface area contributed by atoms with Crippen molar-refractivity contribution in [2.24, 2.45) is 0 Å². The fraction of sp³-hybridized carbons (Fsp3) is 0.727. The number of unbranched alkanes of at least 4 members (excludes halogenated alkanes) is 35. The molecule has 0 aliphatic heterocycles. The van der Waals surface area contributed by atoms with Crippen molar-refractivity contribution >= 4 is 17.9 Å². The third-order valence-electron chi connectivity index (χ3n) is 15.2. The van der Waals surface area contributed by atoms with Crippen LogP contribution in [-0.2, 0) is 28.6 Å². The van der Waals surface area contributed by atoms with E-state index in [0.717, 1.165) is 122 Å². The quantitative estimate of drug-likeness (QED) is 0.0261. The van der Waals surface area contributed by atoms with Crippen molar-refractivity contribution < 1.29 is 28.6 Å². The summed E-state index contributed by atoms with van der Waals surface area (Å²) in [6.07, 6.45) is 96.8. The van der Waals surface area contributed by atoms with Gasteiger partial charge in [-0.1, -0.05) is 304 Å². The maximum atomic E-state index is 12.9. The molecule has 1 atom stereocenters. The third-order valence-corrected chi connectivity index (χ3v) is 15.2. The van der Waals surface area contributed by atoms with Crippen LogP contribution in [0.15, 0.2) is 109 Å². The highest BCUT2D eigenvalue weighted by Crippen LogP contribution is 2.17. The number of hydrogen-bond acceptors (Lipinski definition) is 6. The fourth-order valence-corrected chi connectivity index (χ4v) is 9.94. The maximum Gasteiger partial charge on any atom is 0.306 e. The van der Waals surface area contributed by atoms with Gasteiger partial charge in [-0.05, 0) is 128 Å². The number of carbonyl (C=O) groups excluding carboxylic acids is 3. The first-order valence-corrected chi connectivity index (χ1v) is 35.4. The van der Waals surface area contributed by atoms with E-state index in [-0.39, 0.29) is 31.1 Å². The first-order chi connectivity index (χ1) is 41.0. The second-order valence-electron chi connectivity index (χ2n) is 23.4. The number of ether oxygens (including phenoxy) is 3. The molecule has 476 valence electrons. The summed E-state index contributed by atoms with van der Waals surface area (Å²) in [4.78, 5) is 38.4. The molecule has 0 bridgehead atoms. The van der Waals surface area contributed by atoms with Crippen molar-refractivity contribution in [3.05, 3.63) is 109 Å². The van der Waals surface area contributed by atoms with Crippen LogP contribution >= 0.6 is 0 Å². The Bertz CT molecular complexity index is 1660. The van der Waals surface area contributed by atoms with E-state index in [9.17, 15) is 14.4 Å². The van der Waals surface area contributed by atoms with Crippen LogP contribution in [0.2, 0.25) is 0 Å². The fourth-order valence-electron chi connectivity index (χ4n) is 9.94. The molecule has 0 saturated carbocycles. The van der Waals surface area contributed by atoms with Gasteiger partial charge < -0.3 is 14.2 Å². The van der Waals surface area contributed by atoms with Crippen LogP contribution in [-0.4, -0.2) is 37.2 Å². The van der Waals surface area contributed by atoms with Crippen LogP contribution in [0, 0.1) is 0 Å². The molecular formula is C77H132O6. The van der Waals surface area contributed by atoms with Gasteiger partial charge >= 0.3 is 17.9 Å². The van der Waals surface area contributed by atoms with Crippen molar-refractivity contribution in [3.8, 4) is 0 Å². The summed E-state index contributed by atoms with van der Waals surface area (Å²) in [5.41, 5.74) is 0. The van der Waals surface area contributed by atoms with Gasteiger partial charge in [0.15, 0.2) is 6.10 Å². The van der Waals surface area contributed by atoms with E-state index in [1.54, 1.807) is 0 Å². The molecule has 0 spiro atoms. The minimum atomic E-state index is -0.790. The topological polar surface area (TPSA) is 78.9 Å². The SMILES string of the molecule is CC/C=C\C/C=C\C/C=C\C/C=C\C/C=C\CCCCCCCCCCCCCCCCCC(=O)OCC(COC(=O)CCCCCCC/C=C\C/C=C\CCCCCC)OC(=O)CCCCCCCCC/C=C\C/C=C\CCCCCC. The summed E-state index contributed by atoms with van der Waals surface area (Å²) >= 11 is 0. The van der Waals surface area contributed by atoms with Crippen molar-refractivity contribution in [2.45, 2.75) is 348 Å². The monoisotopic (exact) mass is 1150 g/mol. The molecule has 0 rings (SSSR count). The molecule has 83 heavy (non-hydrogen) atoms. The highest BCUT2D eigenvalue weighted by molar-refractivity contribution is 5.71. The lowest BCUT2D eigenvalue weighted by molar-refractivity contribution is -0.167. The Morgan fingerprint density at radius 1 is 0.253 bits per heavy atom. The van der Waals surface area contributed by atoms with E-state index in [1.807, 2.05) is 0 Å². The molecule has 0 N–H and O–H groups in total. The summed E-state index contributed by atoms with van der Waals surface area (Å²) in [7, 11) is 0. The summed E-state index contributed by atoms with van der Waals surface area (Å²) < 4.78 is 17.0. The lowest BCUT2D eigenvalue weighted by Crippen LogP contribution is -2.30. The molecule has 6 nitrogen and oxygen atoms in total. The van der Waals surface area contributed by atoms with Gasteiger partial charge in [-0.3, -0.25) is 14.4 Å². The molecule has 1 unspecified atom stereocenters. The highest BCUT2D eigenvalue weighted by atomic mass is 16.6. The van der Waals surface area contributed by atoms with Gasteiger partial charge in [-0.25, -0.2) is 0 Å². The minimum Gasteiger partial charge on any atom is -0.462 e. The molecule has 0 heterocycles. The minimum absolute atomic E-state index is 0.0842. The van der Waals surface area contributed by atoms with Gasteiger partial charge in [-0.15, -0.1) is 0 Å². The van der Waals surface area contributed by atoms with Crippen LogP contribution in [0.1, 0.15) is 342 Å². The van der Waals surface area contributed by atoms with Crippen LogP contribution in [0.4, 0.5) is 0 Å². The predicted octanol–water partition coefficient (Wildman–Crippen LogP) is 24.6. The molecule has 0 saturated heterocycles. The number of rotatable bonds is 64. The van der Waals surface area contributed by atoms with Crippen LogP contribution in [0.25, 0.3) is 0 Å². The normalized spacial score (nSPS) is 12.8. The van der Waals surface area contributed by atoms with Crippen LogP contribution in [0.3, 0.4) is 0 Å². The highest BCUT2D eigenvalue weighted by Gasteiger charge is 2.19. The zero-order valence-electron chi connectivity index (χ0n) is 54.7. The Labute approximate surface area is 514 Å². The molecule has 0 aromatic heterocycles. The first-order valence-electron chi connectivity index (χ1n) is 35.4. The molecule has 0 aliphatic rings. The van der Waals surface area contributed by atoms with E-state index in [2.05, 4.69) is 130 Å². The predicted molar refractivity (Wildman–Crippen MR) is 362 cm³/mol. The number of esters is 3. The Morgan fingerprint density at radius 3 is 0.735 bits per heavy atom. The third kappa shape index (κ3) is 68.7. The van der Waals surface area contributed by atoms with Gasteiger partial charge in [0, 0.05) is 19.3 Å². The first kappa shape index (κ1) is 79.1.